The molecule has 0 aromatic rings. The normalized spacial score (nSPS) is 19.3. The minimum atomic E-state index is -2.09. The highest BCUT2D eigenvalue weighted by Gasteiger charge is 2.44. The molecule has 1 unspecified atom stereocenters. The second-order valence-electron chi connectivity index (χ2n) is 15.5. The summed E-state index contributed by atoms with van der Waals surface area (Å²) in [4.78, 5) is 23.7. The number of esters is 2. The molecular weight excluding hydrogens is 573 g/mol. The quantitative estimate of drug-likeness (QED) is 0.0644. The van der Waals surface area contributed by atoms with E-state index in [0.717, 1.165) is 50.7 Å². The molecule has 43 heavy (non-hydrogen) atoms. The Labute approximate surface area is 267 Å². The average molecular weight is 639 g/mol. The second kappa shape index (κ2) is 17.5. The van der Waals surface area contributed by atoms with Crippen molar-refractivity contribution in [2.24, 2.45) is 5.92 Å². The lowest BCUT2D eigenvalue weighted by atomic mass is 9.93. The Morgan fingerprint density at radius 3 is 2.05 bits per heavy atom. The largest absolute Gasteiger partial charge is 0.469 e. The van der Waals surface area contributed by atoms with Crippen molar-refractivity contribution in [2.75, 3.05) is 7.11 Å². The van der Waals surface area contributed by atoms with Crippen molar-refractivity contribution in [2.45, 2.75) is 174 Å². The summed E-state index contributed by atoms with van der Waals surface area (Å²) in [6.07, 6.45) is 14.8. The number of hydrogen-bond donors (Lipinski definition) is 0. The van der Waals surface area contributed by atoms with E-state index in [0.29, 0.717) is 12.8 Å². The lowest BCUT2D eigenvalue weighted by molar-refractivity contribution is -0.140. The van der Waals surface area contributed by atoms with Gasteiger partial charge in [0, 0.05) is 25.7 Å². The Balaban J connectivity index is 3.38. The Morgan fingerprint density at radius 2 is 1.51 bits per heavy atom. The monoisotopic (exact) mass is 638 g/mol. The first-order valence-electron chi connectivity index (χ1n) is 16.8. The van der Waals surface area contributed by atoms with Crippen molar-refractivity contribution in [3.63, 3.8) is 0 Å². The number of hydrogen-bond acceptors (Lipinski definition) is 6. The zero-order valence-corrected chi connectivity index (χ0v) is 32.1. The third-order valence-electron chi connectivity index (χ3n) is 9.75. The fraction of sp³-hybridized carbons (Fsp3) is 0.829. The number of unbranched alkanes of at least 4 members (excludes halogenated alkanes) is 5. The Hall–Kier alpha value is -1.23. The van der Waals surface area contributed by atoms with E-state index in [9.17, 15) is 9.59 Å². The van der Waals surface area contributed by atoms with E-state index < -0.39 is 16.6 Å². The fourth-order valence-electron chi connectivity index (χ4n) is 4.98. The molecule has 0 spiro atoms. The van der Waals surface area contributed by atoms with E-state index in [1.54, 1.807) is 0 Å². The van der Waals surface area contributed by atoms with Crippen molar-refractivity contribution < 1.29 is 27.9 Å². The van der Waals surface area contributed by atoms with Crippen LogP contribution in [0.5, 0.6) is 0 Å². The van der Waals surface area contributed by atoms with Crippen LogP contribution in [-0.4, -0.2) is 47.9 Å². The first-order valence-corrected chi connectivity index (χ1v) is 22.6. The molecular formula is C35H66O6Si2. The van der Waals surface area contributed by atoms with Crippen LogP contribution in [0, 0.1) is 5.92 Å². The highest BCUT2D eigenvalue weighted by Crippen LogP contribution is 2.45. The first-order chi connectivity index (χ1) is 19.8. The summed E-state index contributed by atoms with van der Waals surface area (Å²) < 4.78 is 24.7. The van der Waals surface area contributed by atoms with Gasteiger partial charge < -0.3 is 18.3 Å². The molecule has 0 aromatic heterocycles. The van der Waals surface area contributed by atoms with Crippen molar-refractivity contribution >= 4 is 28.6 Å². The van der Waals surface area contributed by atoms with Crippen LogP contribution in [0.2, 0.25) is 36.3 Å². The van der Waals surface area contributed by atoms with Gasteiger partial charge in [0.2, 0.25) is 0 Å². The molecule has 1 aliphatic rings. The van der Waals surface area contributed by atoms with Gasteiger partial charge in [-0.1, -0.05) is 92.7 Å². The summed E-state index contributed by atoms with van der Waals surface area (Å²) in [6.45, 7) is 26.7. The molecule has 0 aromatic carbocycles. The maximum Gasteiger partial charge on any atom is 0.307 e. The van der Waals surface area contributed by atoms with E-state index in [1.807, 2.05) is 0 Å². The first kappa shape index (κ1) is 39.8. The molecule has 0 radical (unpaired) electrons. The van der Waals surface area contributed by atoms with E-state index >= 15 is 0 Å². The SMILES string of the molecule is CCCCCC(/C=C/[C@@H]1C(CCCCCCC(=O)OC)=C(OC(C)=O)C[C@H]1O[Si](C)(C)C(C)(C)C)O[Si](C)(C)C(C)(C)C. The highest BCUT2D eigenvalue weighted by molar-refractivity contribution is 6.74. The van der Waals surface area contributed by atoms with Gasteiger partial charge >= 0.3 is 11.9 Å². The van der Waals surface area contributed by atoms with Crippen LogP contribution < -0.4 is 0 Å². The second-order valence-corrected chi connectivity index (χ2v) is 25.0. The van der Waals surface area contributed by atoms with E-state index in [-0.39, 0.29) is 40.1 Å². The number of carbonyl (C=O) groups excluding carboxylic acids is 2. The standard InChI is InChI=1S/C35H66O6Si2/c1-14-15-18-21-28(40-42(10,11)34(3,4)5)24-25-30-29(22-19-16-17-20-23-33(37)38-9)31(39-27(2)36)26-32(30)41-43(12,13)35(6,7)8/h24-25,28,30,32H,14-23,26H2,1-13H3/b25-24+/t28?,30-,32-/m1/s1. The fourth-order valence-corrected chi connectivity index (χ4v) is 7.62. The molecule has 1 aliphatic carbocycles. The predicted molar refractivity (Wildman–Crippen MR) is 184 cm³/mol. The molecule has 8 heteroatoms. The molecule has 0 fully saturated rings. The van der Waals surface area contributed by atoms with Gasteiger partial charge in [-0.25, -0.2) is 0 Å². The van der Waals surface area contributed by atoms with Gasteiger partial charge in [0.15, 0.2) is 16.6 Å². The van der Waals surface area contributed by atoms with Gasteiger partial charge in [0.05, 0.1) is 19.3 Å². The maximum absolute atomic E-state index is 12.2. The minimum absolute atomic E-state index is 0.0373. The Kier molecular flexibility index (Phi) is 16.2. The van der Waals surface area contributed by atoms with Gasteiger partial charge in [-0.15, -0.1) is 0 Å². The minimum Gasteiger partial charge on any atom is -0.469 e. The van der Waals surface area contributed by atoms with Gasteiger partial charge in [-0.3, -0.25) is 9.59 Å². The highest BCUT2D eigenvalue weighted by atomic mass is 28.4. The summed E-state index contributed by atoms with van der Waals surface area (Å²) in [5.41, 5.74) is 1.18. The molecule has 0 heterocycles. The summed E-state index contributed by atoms with van der Waals surface area (Å²) in [7, 11) is -2.62. The summed E-state index contributed by atoms with van der Waals surface area (Å²) in [5, 5.41) is 0.200. The van der Waals surface area contributed by atoms with E-state index in [1.165, 1.54) is 32.4 Å². The molecule has 3 atom stereocenters. The third-order valence-corrected chi connectivity index (χ3v) is 18.8. The maximum atomic E-state index is 12.2. The molecule has 0 bridgehead atoms. The van der Waals surface area contributed by atoms with Gasteiger partial charge in [0.25, 0.3) is 0 Å². The van der Waals surface area contributed by atoms with Crippen LogP contribution in [-0.2, 0) is 27.9 Å². The number of rotatable bonds is 18. The summed E-state index contributed by atoms with van der Waals surface area (Å²) in [6, 6.07) is 0. The van der Waals surface area contributed by atoms with Crippen molar-refractivity contribution in [1.82, 2.24) is 0 Å². The number of ether oxygens (including phenoxy) is 2. The van der Waals surface area contributed by atoms with E-state index in [2.05, 4.69) is 86.8 Å². The molecule has 0 aliphatic heterocycles. The van der Waals surface area contributed by atoms with Crippen molar-refractivity contribution in [1.29, 1.82) is 0 Å². The Morgan fingerprint density at radius 1 is 0.907 bits per heavy atom. The van der Waals surface area contributed by atoms with Crippen LogP contribution in [0.4, 0.5) is 0 Å². The van der Waals surface area contributed by atoms with Crippen LogP contribution in [0.15, 0.2) is 23.5 Å². The lowest BCUT2D eigenvalue weighted by Gasteiger charge is -2.40. The van der Waals surface area contributed by atoms with Gasteiger partial charge in [0.1, 0.15) is 5.76 Å². The topological polar surface area (TPSA) is 71.1 Å². The molecule has 0 saturated heterocycles. The Bertz CT molecular complexity index is 939. The van der Waals surface area contributed by atoms with Crippen LogP contribution in [0.3, 0.4) is 0 Å². The van der Waals surface area contributed by atoms with Crippen molar-refractivity contribution in [3.05, 3.63) is 23.5 Å². The zero-order chi connectivity index (χ0) is 33.1. The number of carbonyl (C=O) groups is 2. The molecule has 250 valence electrons. The van der Waals surface area contributed by atoms with E-state index in [4.69, 9.17) is 18.3 Å². The third kappa shape index (κ3) is 13.3. The number of methoxy groups -OCH3 is 1. The summed E-state index contributed by atoms with van der Waals surface area (Å²) in [5.74, 6) is 0.392. The molecule has 0 amide bonds. The lowest BCUT2D eigenvalue weighted by Crippen LogP contribution is -2.45. The van der Waals surface area contributed by atoms with Crippen LogP contribution in [0.25, 0.3) is 0 Å². The van der Waals surface area contributed by atoms with Gasteiger partial charge in [-0.2, -0.15) is 0 Å². The molecule has 0 N–H and O–H groups in total. The molecule has 6 nitrogen and oxygen atoms in total. The van der Waals surface area contributed by atoms with Crippen molar-refractivity contribution in [3.8, 4) is 0 Å². The molecule has 0 saturated carbocycles. The zero-order valence-electron chi connectivity index (χ0n) is 30.1. The molecule has 1 rings (SSSR count). The predicted octanol–water partition coefficient (Wildman–Crippen LogP) is 10.3. The summed E-state index contributed by atoms with van der Waals surface area (Å²) >= 11 is 0. The van der Waals surface area contributed by atoms with Crippen LogP contribution >= 0.6 is 0 Å². The van der Waals surface area contributed by atoms with Crippen LogP contribution in [0.1, 0.15) is 126 Å². The van der Waals surface area contributed by atoms with Gasteiger partial charge in [-0.05, 0) is 67.5 Å². The average Bonchev–Trinajstić information content (AvgIpc) is 3.16. The smallest absolute Gasteiger partial charge is 0.307 e.